The fourth-order valence-electron chi connectivity index (χ4n) is 5.73. The van der Waals surface area contributed by atoms with Gasteiger partial charge in [0.2, 0.25) is 5.91 Å². The fraction of sp³-hybridized carbons (Fsp3) is 0.303. The van der Waals surface area contributed by atoms with Gasteiger partial charge in [-0.25, -0.2) is 0 Å². The highest BCUT2D eigenvalue weighted by molar-refractivity contribution is 7.80. The summed E-state index contributed by atoms with van der Waals surface area (Å²) in [6.45, 7) is 14.4. The number of rotatable bonds is 6. The van der Waals surface area contributed by atoms with Crippen molar-refractivity contribution in [3.8, 4) is 5.69 Å². The number of aryl methyl sites for hydroxylation is 4. The van der Waals surface area contributed by atoms with Crippen LogP contribution in [0, 0.1) is 40.5 Å². The molecule has 0 spiro atoms. The molecule has 0 saturated carbocycles. The molecule has 1 saturated heterocycles. The van der Waals surface area contributed by atoms with Crippen molar-refractivity contribution in [2.45, 2.75) is 60.5 Å². The number of carbonyl (C=O) groups excluding carboxylic acids is 1. The number of benzene rings is 2. The molecule has 1 aliphatic rings. The van der Waals surface area contributed by atoms with E-state index in [1.165, 1.54) is 22.4 Å². The summed E-state index contributed by atoms with van der Waals surface area (Å²) in [4.78, 5) is 19.3. The number of nitrogens with zero attached hydrogens (tertiary/aromatic N) is 3. The second-order valence-corrected chi connectivity index (χ2v) is 11.5. The van der Waals surface area contributed by atoms with E-state index in [0.29, 0.717) is 5.11 Å². The van der Waals surface area contributed by atoms with E-state index in [1.54, 1.807) is 0 Å². The second kappa shape index (κ2) is 10.9. The van der Waals surface area contributed by atoms with Gasteiger partial charge in [0.1, 0.15) is 0 Å². The summed E-state index contributed by atoms with van der Waals surface area (Å²) in [6.07, 6.45) is 1.83. The van der Waals surface area contributed by atoms with E-state index in [0.717, 1.165) is 34.0 Å². The largest absolute Gasteiger partial charge is 0.351 e. The maximum Gasteiger partial charge on any atom is 0.226 e. The summed E-state index contributed by atoms with van der Waals surface area (Å²) >= 11 is 5.98. The molecular formula is C33H37N5OS. The van der Waals surface area contributed by atoms with Gasteiger partial charge in [-0.1, -0.05) is 26.0 Å². The number of nitrogens with one attached hydrogen (secondary N) is 2. The molecule has 0 radical (unpaired) electrons. The molecule has 6 nitrogen and oxygen atoms in total. The Balaban J connectivity index is 1.63. The van der Waals surface area contributed by atoms with Crippen LogP contribution in [-0.4, -0.2) is 20.6 Å². The smallest absolute Gasteiger partial charge is 0.226 e. The lowest BCUT2D eigenvalue weighted by molar-refractivity contribution is -0.118. The van der Waals surface area contributed by atoms with Crippen molar-refractivity contribution in [1.29, 1.82) is 0 Å². The van der Waals surface area contributed by atoms with E-state index in [1.807, 2.05) is 51.2 Å². The summed E-state index contributed by atoms with van der Waals surface area (Å²) in [6, 6.07) is 20.8. The van der Waals surface area contributed by atoms with Crippen LogP contribution < -0.4 is 15.5 Å². The van der Waals surface area contributed by atoms with Crippen molar-refractivity contribution in [2.24, 2.45) is 5.92 Å². The standard InChI is InChI=1S/C33H37N5OS/c1-19(2)32(39)35-28-12-11-25(17-22(28)5)38-31(30(36-33(38)40)29-10-8-9-13-34-29)27-18-23(6)37(24(27)7)26-15-20(3)14-21(4)16-26/h8-19,30-31H,1-7H3,(H,35,39)(H,36,40)/t30-,31-/m1/s1. The van der Waals surface area contributed by atoms with Crippen LogP contribution in [0.3, 0.4) is 0 Å². The number of aromatic nitrogens is 2. The topological polar surface area (TPSA) is 62.2 Å². The molecule has 7 heteroatoms. The zero-order chi connectivity index (χ0) is 28.7. The maximum atomic E-state index is 12.4. The highest BCUT2D eigenvalue weighted by Crippen LogP contribution is 2.44. The van der Waals surface area contributed by atoms with Crippen molar-refractivity contribution in [1.82, 2.24) is 14.9 Å². The van der Waals surface area contributed by atoms with Crippen LogP contribution in [0.2, 0.25) is 0 Å². The average Bonchev–Trinajstić information content (AvgIpc) is 3.39. The van der Waals surface area contributed by atoms with Gasteiger partial charge in [0, 0.05) is 40.6 Å². The Labute approximate surface area is 242 Å². The van der Waals surface area contributed by atoms with Gasteiger partial charge in [0.15, 0.2) is 5.11 Å². The summed E-state index contributed by atoms with van der Waals surface area (Å²) in [5.74, 6) is -0.0912. The highest BCUT2D eigenvalue weighted by Gasteiger charge is 2.42. The van der Waals surface area contributed by atoms with E-state index in [9.17, 15) is 4.79 Å². The number of pyridine rings is 1. The molecule has 3 heterocycles. The van der Waals surface area contributed by atoms with Crippen LogP contribution in [0.15, 0.2) is 66.9 Å². The molecular weight excluding hydrogens is 514 g/mol. The molecule has 1 amide bonds. The Morgan fingerprint density at radius 2 is 1.68 bits per heavy atom. The molecule has 5 rings (SSSR count). The van der Waals surface area contributed by atoms with Crippen LogP contribution in [0.1, 0.15) is 65.3 Å². The average molecular weight is 552 g/mol. The lowest BCUT2D eigenvalue weighted by Crippen LogP contribution is -2.29. The van der Waals surface area contributed by atoms with Gasteiger partial charge in [-0.2, -0.15) is 0 Å². The third-order valence-corrected chi connectivity index (χ3v) is 7.94. The summed E-state index contributed by atoms with van der Waals surface area (Å²) in [7, 11) is 0. The number of anilines is 2. The van der Waals surface area contributed by atoms with Crippen molar-refractivity contribution in [3.05, 3.63) is 106 Å². The van der Waals surface area contributed by atoms with Gasteiger partial charge in [-0.3, -0.25) is 9.78 Å². The third kappa shape index (κ3) is 5.13. The van der Waals surface area contributed by atoms with Crippen LogP contribution in [0.25, 0.3) is 5.69 Å². The number of carbonyl (C=O) groups is 1. The molecule has 2 N–H and O–H groups in total. The van der Waals surface area contributed by atoms with Crippen LogP contribution in [-0.2, 0) is 4.79 Å². The van der Waals surface area contributed by atoms with Crippen molar-refractivity contribution < 1.29 is 4.79 Å². The maximum absolute atomic E-state index is 12.4. The minimum Gasteiger partial charge on any atom is -0.351 e. The molecule has 0 bridgehead atoms. The summed E-state index contributed by atoms with van der Waals surface area (Å²) in [5.41, 5.74) is 10.9. The first kappa shape index (κ1) is 27.6. The van der Waals surface area contributed by atoms with Crippen LogP contribution >= 0.6 is 12.2 Å². The van der Waals surface area contributed by atoms with Gasteiger partial charge in [-0.05, 0) is 118 Å². The molecule has 2 aromatic heterocycles. The summed E-state index contributed by atoms with van der Waals surface area (Å²) < 4.78 is 2.33. The molecule has 2 aromatic carbocycles. The zero-order valence-corrected chi connectivity index (χ0v) is 25.1. The minimum atomic E-state index is -0.137. The Kier molecular flexibility index (Phi) is 7.51. The monoisotopic (exact) mass is 551 g/mol. The molecule has 0 unspecified atom stereocenters. The highest BCUT2D eigenvalue weighted by atomic mass is 32.1. The number of hydrogen-bond acceptors (Lipinski definition) is 3. The SMILES string of the molecule is Cc1cc(C)cc(-n2c(C)cc([C@@H]3[C@@H](c4ccccn4)NC(=S)N3c3ccc(NC(=O)C(C)C)c(C)c3)c2C)c1. The van der Waals surface area contributed by atoms with Gasteiger partial charge >= 0.3 is 0 Å². The Hall–Kier alpha value is -3.97. The van der Waals surface area contributed by atoms with Gasteiger partial charge in [0.25, 0.3) is 0 Å². The Morgan fingerprint density at radius 1 is 0.950 bits per heavy atom. The Morgan fingerprint density at radius 3 is 2.30 bits per heavy atom. The predicted octanol–water partition coefficient (Wildman–Crippen LogP) is 7.19. The predicted molar refractivity (Wildman–Crippen MR) is 167 cm³/mol. The molecule has 206 valence electrons. The molecule has 0 aliphatic carbocycles. The van der Waals surface area contributed by atoms with E-state index >= 15 is 0 Å². The van der Waals surface area contributed by atoms with Gasteiger partial charge in [0.05, 0.1) is 17.8 Å². The van der Waals surface area contributed by atoms with Crippen LogP contribution in [0.4, 0.5) is 11.4 Å². The minimum absolute atomic E-state index is 0.00104. The normalized spacial score (nSPS) is 16.9. The molecule has 1 aliphatic heterocycles. The van der Waals surface area contributed by atoms with Gasteiger partial charge in [-0.15, -0.1) is 0 Å². The first-order valence-corrected chi connectivity index (χ1v) is 14.2. The second-order valence-electron chi connectivity index (χ2n) is 11.1. The van der Waals surface area contributed by atoms with Crippen LogP contribution in [0.5, 0.6) is 0 Å². The zero-order valence-electron chi connectivity index (χ0n) is 24.2. The first-order valence-electron chi connectivity index (χ1n) is 13.7. The molecule has 40 heavy (non-hydrogen) atoms. The quantitative estimate of drug-likeness (QED) is 0.249. The lowest BCUT2D eigenvalue weighted by Gasteiger charge is -2.29. The third-order valence-electron chi connectivity index (χ3n) is 7.62. The number of hydrogen-bond donors (Lipinski definition) is 2. The molecule has 2 atom stereocenters. The van der Waals surface area contributed by atoms with E-state index in [2.05, 4.69) is 84.2 Å². The number of amides is 1. The fourth-order valence-corrected chi connectivity index (χ4v) is 6.07. The lowest BCUT2D eigenvalue weighted by atomic mass is 9.96. The van der Waals surface area contributed by atoms with Crippen molar-refractivity contribution >= 4 is 34.6 Å². The molecule has 4 aromatic rings. The summed E-state index contributed by atoms with van der Waals surface area (Å²) in [5, 5.41) is 7.27. The van der Waals surface area contributed by atoms with E-state index < -0.39 is 0 Å². The first-order chi connectivity index (χ1) is 19.0. The molecule has 1 fully saturated rings. The Bertz CT molecular complexity index is 1570. The van der Waals surface area contributed by atoms with E-state index in [4.69, 9.17) is 17.2 Å². The van der Waals surface area contributed by atoms with E-state index in [-0.39, 0.29) is 23.9 Å². The van der Waals surface area contributed by atoms with Crippen molar-refractivity contribution in [3.63, 3.8) is 0 Å². The van der Waals surface area contributed by atoms with Gasteiger partial charge < -0.3 is 20.1 Å². The number of thiocarbonyl (C=S) groups is 1. The van der Waals surface area contributed by atoms with Crippen molar-refractivity contribution in [2.75, 3.05) is 10.2 Å².